The highest BCUT2D eigenvalue weighted by atomic mass is 32.2. The number of thioether (sulfide) groups is 1. The summed E-state index contributed by atoms with van der Waals surface area (Å²) in [6, 6.07) is 29.0. The van der Waals surface area contributed by atoms with Gasteiger partial charge in [-0.1, -0.05) is 91.0 Å². The minimum atomic E-state index is -0.956. The molecule has 3 atom stereocenters. The van der Waals surface area contributed by atoms with Crippen LogP contribution in [-0.4, -0.2) is 44.1 Å². The minimum Gasteiger partial charge on any atom is -0.480 e. The minimum absolute atomic E-state index is 0.169. The summed E-state index contributed by atoms with van der Waals surface area (Å²) in [4.78, 5) is 26.9. The lowest BCUT2D eigenvalue weighted by molar-refractivity contribution is -0.160. The molecule has 1 unspecified atom stereocenters. The van der Waals surface area contributed by atoms with Crippen LogP contribution in [0.4, 0.5) is 0 Å². The van der Waals surface area contributed by atoms with Crippen LogP contribution in [0.15, 0.2) is 91.0 Å². The molecule has 2 aliphatic heterocycles. The zero-order valence-corrected chi connectivity index (χ0v) is 19.3. The average molecular weight is 459 g/mol. The third kappa shape index (κ3) is 3.36. The van der Waals surface area contributed by atoms with Gasteiger partial charge in [0, 0.05) is 4.75 Å². The van der Waals surface area contributed by atoms with Gasteiger partial charge in [-0.3, -0.25) is 10.1 Å². The number of nitrogens with zero attached hydrogens (tertiary/aromatic N) is 1. The number of hydrogen-bond acceptors (Lipinski definition) is 4. The number of hydrogen-bond donors (Lipinski definition) is 2. The van der Waals surface area contributed by atoms with E-state index in [-0.39, 0.29) is 11.3 Å². The number of carboxylic acids is 1. The zero-order valence-electron chi connectivity index (χ0n) is 18.5. The second kappa shape index (κ2) is 8.04. The van der Waals surface area contributed by atoms with E-state index in [1.54, 1.807) is 11.8 Å². The molecule has 0 aromatic heterocycles. The highest BCUT2D eigenvalue weighted by Crippen LogP contribution is 2.52. The predicted molar refractivity (Wildman–Crippen MR) is 130 cm³/mol. The van der Waals surface area contributed by atoms with E-state index in [4.69, 9.17) is 0 Å². The third-order valence-electron chi connectivity index (χ3n) is 6.67. The van der Waals surface area contributed by atoms with Gasteiger partial charge in [-0.25, -0.2) is 4.79 Å². The Morgan fingerprint density at radius 3 is 1.70 bits per heavy atom. The maximum Gasteiger partial charge on any atom is 0.327 e. The van der Waals surface area contributed by atoms with Crippen molar-refractivity contribution in [2.24, 2.45) is 0 Å². The maximum atomic E-state index is 13.4. The molecule has 1 amide bonds. The number of nitrogens with one attached hydrogen (secondary N) is 1. The fourth-order valence-electron chi connectivity index (χ4n) is 5.19. The largest absolute Gasteiger partial charge is 0.480 e. The summed E-state index contributed by atoms with van der Waals surface area (Å²) >= 11 is 1.55. The molecule has 5 rings (SSSR count). The van der Waals surface area contributed by atoms with Crippen molar-refractivity contribution in [1.29, 1.82) is 0 Å². The summed E-state index contributed by atoms with van der Waals surface area (Å²) in [6.45, 7) is 3.80. The molecule has 0 spiro atoms. The topological polar surface area (TPSA) is 69.6 Å². The van der Waals surface area contributed by atoms with Gasteiger partial charge < -0.3 is 10.0 Å². The Morgan fingerprint density at radius 2 is 1.30 bits per heavy atom. The van der Waals surface area contributed by atoms with Gasteiger partial charge in [-0.2, -0.15) is 0 Å². The van der Waals surface area contributed by atoms with E-state index in [1.165, 1.54) is 4.90 Å². The number of rotatable bonds is 6. The molecular formula is C27H26N2O3S. The average Bonchev–Trinajstić information content (AvgIpc) is 3.09. The normalized spacial score (nSPS) is 23.6. The summed E-state index contributed by atoms with van der Waals surface area (Å²) in [5.41, 5.74) is 2.28. The quantitative estimate of drug-likeness (QED) is 0.430. The summed E-state index contributed by atoms with van der Waals surface area (Å²) in [5.74, 6) is -1.13. The molecule has 2 aliphatic rings. The van der Waals surface area contributed by atoms with Gasteiger partial charge >= 0.3 is 5.97 Å². The maximum absolute atomic E-state index is 13.4. The standard InChI is InChI=1S/C27H26N2O3S/c1-26(2)22(25(31)32)29-23(30)21(24(29)33-26)28-27(18-12-6-3-7-13-18,19-14-8-4-9-15-19)20-16-10-5-11-17-20/h3-17,21-22,24,28H,1-2H3,(H,31,32)/t21?,22-,24+/m0/s1. The lowest BCUT2D eigenvalue weighted by Gasteiger charge is -2.49. The zero-order chi connectivity index (χ0) is 23.2. The smallest absolute Gasteiger partial charge is 0.327 e. The second-order valence-electron chi connectivity index (χ2n) is 9.07. The van der Waals surface area contributed by atoms with E-state index in [9.17, 15) is 14.7 Å². The molecule has 2 saturated heterocycles. The Hall–Kier alpha value is -3.09. The molecule has 2 N–H and O–H groups in total. The van der Waals surface area contributed by atoms with Crippen molar-refractivity contribution in [3.63, 3.8) is 0 Å². The first-order valence-electron chi connectivity index (χ1n) is 11.0. The van der Waals surface area contributed by atoms with Crippen LogP contribution in [0.3, 0.4) is 0 Å². The lowest BCUT2D eigenvalue weighted by atomic mass is 9.76. The fourth-order valence-corrected chi connectivity index (χ4v) is 6.82. The van der Waals surface area contributed by atoms with Gasteiger partial charge in [0.05, 0.1) is 5.54 Å². The highest BCUT2D eigenvalue weighted by molar-refractivity contribution is 8.01. The van der Waals surface area contributed by atoms with Crippen LogP contribution < -0.4 is 5.32 Å². The first-order chi connectivity index (χ1) is 15.9. The first-order valence-corrected chi connectivity index (χ1v) is 11.9. The summed E-state index contributed by atoms with van der Waals surface area (Å²) < 4.78 is -0.572. The van der Waals surface area contributed by atoms with Crippen molar-refractivity contribution in [2.75, 3.05) is 0 Å². The van der Waals surface area contributed by atoms with Crippen molar-refractivity contribution in [1.82, 2.24) is 10.2 Å². The fraction of sp³-hybridized carbons (Fsp3) is 0.259. The molecule has 3 aromatic rings. The highest BCUT2D eigenvalue weighted by Gasteiger charge is 2.65. The van der Waals surface area contributed by atoms with Crippen molar-refractivity contribution < 1.29 is 14.7 Å². The summed E-state index contributed by atoms with van der Waals surface area (Å²) in [7, 11) is 0. The van der Waals surface area contributed by atoms with E-state index in [1.807, 2.05) is 68.4 Å². The Labute approximate surface area is 197 Å². The van der Waals surface area contributed by atoms with Crippen molar-refractivity contribution in [3.05, 3.63) is 108 Å². The van der Waals surface area contributed by atoms with Gasteiger partial charge in [0.15, 0.2) is 0 Å². The number of fused-ring (bicyclic) bond motifs is 1. The van der Waals surface area contributed by atoms with Crippen molar-refractivity contribution in [2.45, 2.75) is 41.6 Å². The van der Waals surface area contributed by atoms with Crippen molar-refractivity contribution in [3.8, 4) is 0 Å². The number of benzene rings is 3. The molecule has 0 aliphatic carbocycles. The molecule has 5 nitrogen and oxygen atoms in total. The van der Waals surface area contributed by atoms with Crippen LogP contribution >= 0.6 is 11.8 Å². The van der Waals surface area contributed by atoms with Gasteiger partial charge in [0.1, 0.15) is 17.5 Å². The number of aliphatic carboxylic acids is 1. The Balaban J connectivity index is 1.64. The van der Waals surface area contributed by atoms with Gasteiger partial charge in [-0.15, -0.1) is 11.8 Å². The van der Waals surface area contributed by atoms with Crippen molar-refractivity contribution >= 4 is 23.6 Å². The van der Waals surface area contributed by atoms with E-state index in [2.05, 4.69) is 41.7 Å². The first kappa shape index (κ1) is 21.7. The molecule has 2 fully saturated rings. The summed E-state index contributed by atoms with van der Waals surface area (Å²) in [5, 5.41) is 13.3. The number of amides is 1. The summed E-state index contributed by atoms with van der Waals surface area (Å²) in [6.07, 6.45) is 0. The second-order valence-corrected chi connectivity index (χ2v) is 10.8. The van der Waals surface area contributed by atoms with E-state index in [0.717, 1.165) is 16.7 Å². The van der Waals surface area contributed by atoms with Gasteiger partial charge in [-0.05, 0) is 30.5 Å². The SMILES string of the molecule is CC1(C)S[C@@H]2C(NC(c3ccccc3)(c3ccccc3)c3ccccc3)C(=O)N2[C@H]1C(=O)O. The molecule has 2 heterocycles. The van der Waals surface area contributed by atoms with Crippen LogP contribution in [0.25, 0.3) is 0 Å². The number of β-lactam (4-membered cyclic amide) rings is 1. The Kier molecular flexibility index (Phi) is 5.30. The lowest BCUT2D eigenvalue weighted by Crippen LogP contribution is -2.72. The molecule has 168 valence electrons. The third-order valence-corrected chi connectivity index (χ3v) is 8.24. The van der Waals surface area contributed by atoms with E-state index >= 15 is 0 Å². The molecule has 6 heteroatoms. The van der Waals surface area contributed by atoms with Crippen LogP contribution in [-0.2, 0) is 15.1 Å². The molecule has 0 saturated carbocycles. The van der Waals surface area contributed by atoms with Crippen LogP contribution in [0.5, 0.6) is 0 Å². The van der Waals surface area contributed by atoms with E-state index < -0.39 is 28.3 Å². The molecule has 0 bridgehead atoms. The molecule has 33 heavy (non-hydrogen) atoms. The Bertz CT molecular complexity index is 1070. The van der Waals surface area contributed by atoms with Crippen LogP contribution in [0, 0.1) is 0 Å². The molecular weight excluding hydrogens is 432 g/mol. The van der Waals surface area contributed by atoms with Gasteiger partial charge in [0.25, 0.3) is 0 Å². The van der Waals surface area contributed by atoms with Gasteiger partial charge in [0.2, 0.25) is 5.91 Å². The molecule has 3 aromatic carbocycles. The predicted octanol–water partition coefficient (Wildman–Crippen LogP) is 4.08. The number of carbonyl (C=O) groups is 2. The number of carbonyl (C=O) groups excluding carboxylic acids is 1. The Morgan fingerprint density at radius 1 is 0.879 bits per heavy atom. The monoisotopic (exact) mass is 458 g/mol. The van der Waals surface area contributed by atoms with Crippen LogP contribution in [0.1, 0.15) is 30.5 Å². The number of carboxylic acid groups (broad SMARTS) is 1. The molecule has 0 radical (unpaired) electrons. The van der Waals surface area contributed by atoms with Crippen LogP contribution in [0.2, 0.25) is 0 Å². The van der Waals surface area contributed by atoms with E-state index in [0.29, 0.717) is 0 Å².